The van der Waals surface area contributed by atoms with Crippen LogP contribution in [-0.2, 0) is 0 Å². The molecule has 2 aromatic rings. The molecule has 1 saturated heterocycles. The van der Waals surface area contributed by atoms with Gasteiger partial charge in [0.1, 0.15) is 11.8 Å². The van der Waals surface area contributed by atoms with E-state index >= 15 is 0 Å². The quantitative estimate of drug-likeness (QED) is 0.857. The summed E-state index contributed by atoms with van der Waals surface area (Å²) in [5, 5.41) is 9.20. The van der Waals surface area contributed by atoms with E-state index < -0.39 is 0 Å². The third-order valence-corrected chi connectivity index (χ3v) is 3.45. The van der Waals surface area contributed by atoms with Crippen LogP contribution in [0.25, 0.3) is 11.5 Å². The van der Waals surface area contributed by atoms with Crippen molar-refractivity contribution in [3.05, 3.63) is 30.0 Å². The van der Waals surface area contributed by atoms with Crippen LogP contribution in [-0.4, -0.2) is 25.2 Å². The van der Waals surface area contributed by atoms with Crippen LogP contribution >= 0.6 is 0 Å². The third-order valence-electron chi connectivity index (χ3n) is 3.45. The number of hydrogen-bond donors (Lipinski definition) is 0. The van der Waals surface area contributed by atoms with Gasteiger partial charge in [-0.15, -0.1) is 0 Å². The van der Waals surface area contributed by atoms with Crippen molar-refractivity contribution >= 4 is 5.88 Å². The van der Waals surface area contributed by atoms with Crippen LogP contribution in [0.3, 0.4) is 0 Å². The predicted octanol–water partition coefficient (Wildman–Crippen LogP) is 2.82. The summed E-state index contributed by atoms with van der Waals surface area (Å²) in [7, 11) is 1.62. The van der Waals surface area contributed by atoms with Crippen LogP contribution in [0.4, 0.5) is 5.88 Å². The Balaban J connectivity index is 1.95. The maximum Gasteiger partial charge on any atom is 0.235 e. The Morgan fingerprint density at radius 3 is 2.55 bits per heavy atom. The fourth-order valence-electron chi connectivity index (χ4n) is 2.38. The highest BCUT2D eigenvalue weighted by Gasteiger charge is 2.22. The standard InChI is InChI=1S/C15H15N3O2/c1-19-12-6-4-11(5-7-12)14-17-13(10-16)15(20-14)18-8-2-3-9-18/h4-7H,2-3,8-9H2,1H3. The summed E-state index contributed by atoms with van der Waals surface area (Å²) in [6.07, 6.45) is 2.26. The lowest BCUT2D eigenvalue weighted by Gasteiger charge is -2.12. The molecule has 1 fully saturated rings. The molecule has 102 valence electrons. The fourth-order valence-corrected chi connectivity index (χ4v) is 2.38. The van der Waals surface area contributed by atoms with E-state index in [-0.39, 0.29) is 0 Å². The Bertz CT molecular complexity index is 634. The summed E-state index contributed by atoms with van der Waals surface area (Å²) in [4.78, 5) is 6.37. The molecular weight excluding hydrogens is 254 g/mol. The minimum Gasteiger partial charge on any atom is -0.497 e. The second-order valence-corrected chi connectivity index (χ2v) is 4.71. The largest absolute Gasteiger partial charge is 0.497 e. The molecule has 1 aliphatic rings. The Kier molecular flexibility index (Phi) is 3.30. The maximum absolute atomic E-state index is 9.20. The minimum atomic E-state index is 0.359. The molecule has 2 heterocycles. The zero-order valence-corrected chi connectivity index (χ0v) is 11.3. The van der Waals surface area contributed by atoms with Gasteiger partial charge >= 0.3 is 0 Å². The van der Waals surface area contributed by atoms with E-state index in [4.69, 9.17) is 9.15 Å². The summed E-state index contributed by atoms with van der Waals surface area (Å²) in [6, 6.07) is 9.56. The average molecular weight is 269 g/mol. The summed E-state index contributed by atoms with van der Waals surface area (Å²) < 4.78 is 10.9. The maximum atomic E-state index is 9.20. The normalized spacial score (nSPS) is 14.3. The van der Waals surface area contributed by atoms with Crippen molar-refractivity contribution in [2.45, 2.75) is 12.8 Å². The van der Waals surface area contributed by atoms with Crippen LogP contribution in [0.2, 0.25) is 0 Å². The number of hydrogen-bond acceptors (Lipinski definition) is 5. The van der Waals surface area contributed by atoms with Gasteiger partial charge in [0, 0.05) is 18.7 Å². The van der Waals surface area contributed by atoms with Gasteiger partial charge in [0.05, 0.1) is 7.11 Å². The number of benzene rings is 1. The van der Waals surface area contributed by atoms with E-state index in [9.17, 15) is 5.26 Å². The number of rotatable bonds is 3. The van der Waals surface area contributed by atoms with Gasteiger partial charge in [-0.25, -0.2) is 0 Å². The highest BCUT2D eigenvalue weighted by Crippen LogP contribution is 2.30. The van der Waals surface area contributed by atoms with Crippen molar-refractivity contribution in [1.82, 2.24) is 4.98 Å². The van der Waals surface area contributed by atoms with E-state index in [1.165, 1.54) is 0 Å². The summed E-state index contributed by atoms with van der Waals surface area (Å²) in [5.74, 6) is 1.85. The molecule has 0 amide bonds. The molecule has 20 heavy (non-hydrogen) atoms. The summed E-state index contributed by atoms with van der Waals surface area (Å²) in [6.45, 7) is 1.85. The predicted molar refractivity (Wildman–Crippen MR) is 74.7 cm³/mol. The molecule has 0 radical (unpaired) electrons. The van der Waals surface area contributed by atoms with Crippen molar-refractivity contribution < 1.29 is 9.15 Å². The van der Waals surface area contributed by atoms with E-state index in [2.05, 4.69) is 16.0 Å². The van der Waals surface area contributed by atoms with Crippen LogP contribution in [0.1, 0.15) is 18.5 Å². The van der Waals surface area contributed by atoms with Crippen molar-refractivity contribution in [2.24, 2.45) is 0 Å². The third kappa shape index (κ3) is 2.21. The number of aromatic nitrogens is 1. The molecule has 0 aliphatic carbocycles. The zero-order chi connectivity index (χ0) is 13.9. The van der Waals surface area contributed by atoms with Gasteiger partial charge in [0.25, 0.3) is 0 Å². The lowest BCUT2D eigenvalue weighted by atomic mass is 10.2. The van der Waals surface area contributed by atoms with E-state index in [1.807, 2.05) is 24.3 Å². The van der Waals surface area contributed by atoms with Crippen molar-refractivity contribution in [2.75, 3.05) is 25.1 Å². The summed E-state index contributed by atoms with van der Waals surface area (Å²) >= 11 is 0. The van der Waals surface area contributed by atoms with E-state index in [0.717, 1.165) is 37.2 Å². The van der Waals surface area contributed by atoms with Gasteiger partial charge in [0.2, 0.25) is 17.5 Å². The smallest absolute Gasteiger partial charge is 0.235 e. The van der Waals surface area contributed by atoms with Gasteiger partial charge in [0.15, 0.2) is 0 Å². The zero-order valence-electron chi connectivity index (χ0n) is 11.3. The highest BCUT2D eigenvalue weighted by molar-refractivity contribution is 5.60. The first-order valence-electron chi connectivity index (χ1n) is 6.62. The topological polar surface area (TPSA) is 62.3 Å². The van der Waals surface area contributed by atoms with Crippen molar-refractivity contribution in [3.63, 3.8) is 0 Å². The van der Waals surface area contributed by atoms with Gasteiger partial charge < -0.3 is 14.1 Å². The minimum absolute atomic E-state index is 0.359. The van der Waals surface area contributed by atoms with Crippen LogP contribution in [0.15, 0.2) is 28.7 Å². The van der Waals surface area contributed by atoms with Crippen molar-refractivity contribution in [1.29, 1.82) is 5.26 Å². The number of anilines is 1. The van der Waals surface area contributed by atoms with Gasteiger partial charge in [-0.2, -0.15) is 10.2 Å². The van der Waals surface area contributed by atoms with Crippen LogP contribution in [0.5, 0.6) is 5.75 Å². The average Bonchev–Trinajstić information content (AvgIpc) is 3.16. The lowest BCUT2D eigenvalue weighted by molar-refractivity contribution is 0.415. The van der Waals surface area contributed by atoms with Crippen LogP contribution < -0.4 is 9.64 Å². The first kappa shape index (κ1) is 12.5. The first-order valence-corrected chi connectivity index (χ1v) is 6.62. The molecule has 1 aromatic carbocycles. The van der Waals surface area contributed by atoms with Gasteiger partial charge in [-0.05, 0) is 37.1 Å². The molecule has 0 saturated carbocycles. The van der Waals surface area contributed by atoms with Crippen molar-refractivity contribution in [3.8, 4) is 23.3 Å². The highest BCUT2D eigenvalue weighted by atomic mass is 16.5. The Labute approximate surface area is 117 Å². The Hall–Kier alpha value is -2.48. The SMILES string of the molecule is COc1ccc(-c2nc(C#N)c(N3CCCC3)o2)cc1. The molecular formula is C15H15N3O2. The second-order valence-electron chi connectivity index (χ2n) is 4.71. The van der Waals surface area contributed by atoms with E-state index in [1.54, 1.807) is 7.11 Å². The molecule has 3 rings (SSSR count). The molecule has 1 aliphatic heterocycles. The van der Waals surface area contributed by atoms with Gasteiger partial charge in [-0.3, -0.25) is 0 Å². The molecule has 1 aromatic heterocycles. The molecule has 0 unspecified atom stereocenters. The monoisotopic (exact) mass is 269 g/mol. The number of nitriles is 1. The second kappa shape index (κ2) is 5.25. The van der Waals surface area contributed by atoms with Crippen LogP contribution in [0, 0.1) is 11.3 Å². The molecule has 5 heteroatoms. The first-order chi connectivity index (χ1) is 9.81. The number of nitrogens with zero attached hydrogens (tertiary/aromatic N) is 3. The van der Waals surface area contributed by atoms with Gasteiger partial charge in [-0.1, -0.05) is 0 Å². The molecule has 0 spiro atoms. The number of oxazole rings is 1. The Morgan fingerprint density at radius 1 is 1.25 bits per heavy atom. The number of ether oxygens (including phenoxy) is 1. The number of methoxy groups -OCH3 is 1. The lowest BCUT2D eigenvalue weighted by Crippen LogP contribution is -2.17. The molecule has 0 N–H and O–H groups in total. The summed E-state index contributed by atoms with van der Waals surface area (Å²) in [5.41, 5.74) is 1.20. The molecule has 0 bridgehead atoms. The molecule has 0 atom stereocenters. The molecule has 5 nitrogen and oxygen atoms in total. The van der Waals surface area contributed by atoms with E-state index in [0.29, 0.717) is 17.5 Å². The fraction of sp³-hybridized carbons (Fsp3) is 0.333. The Morgan fingerprint density at radius 2 is 1.95 bits per heavy atom.